The van der Waals surface area contributed by atoms with E-state index in [4.69, 9.17) is 4.74 Å². The van der Waals surface area contributed by atoms with Gasteiger partial charge in [-0.1, -0.05) is 31.4 Å². The number of piperazine rings is 1. The van der Waals surface area contributed by atoms with Gasteiger partial charge in [0.2, 0.25) is 11.8 Å². The topological polar surface area (TPSA) is 58.6 Å². The lowest BCUT2D eigenvalue weighted by Gasteiger charge is -2.44. The maximum Gasteiger partial charge on any atom is 0.248 e. The molecule has 1 N–H and O–H groups in total. The smallest absolute Gasteiger partial charge is 0.248 e. The second kappa shape index (κ2) is 6.39. The van der Waals surface area contributed by atoms with Crippen LogP contribution in [0.4, 0.5) is 0 Å². The van der Waals surface area contributed by atoms with Crippen LogP contribution < -0.4 is 5.32 Å². The first-order chi connectivity index (χ1) is 9.53. The highest BCUT2D eigenvalue weighted by atomic mass is 16.5. The molecule has 1 heterocycles. The number of carbonyl (C=O) groups is 2. The van der Waals surface area contributed by atoms with Crippen molar-refractivity contribution in [2.75, 3.05) is 26.3 Å². The van der Waals surface area contributed by atoms with Crippen LogP contribution in [0, 0.1) is 0 Å². The van der Waals surface area contributed by atoms with E-state index in [9.17, 15) is 9.59 Å². The zero-order chi connectivity index (χ0) is 14.6. The van der Waals surface area contributed by atoms with Gasteiger partial charge in [-0.2, -0.15) is 0 Å². The van der Waals surface area contributed by atoms with E-state index in [1.165, 1.54) is 0 Å². The Hall–Kier alpha value is -1.36. The number of hydrogen-bond acceptors (Lipinski definition) is 3. The second-order valence-corrected chi connectivity index (χ2v) is 5.93. The summed E-state index contributed by atoms with van der Waals surface area (Å²) >= 11 is 0. The molecule has 1 saturated carbocycles. The van der Waals surface area contributed by atoms with E-state index >= 15 is 0 Å². The van der Waals surface area contributed by atoms with Crippen LogP contribution in [0.3, 0.4) is 0 Å². The van der Waals surface area contributed by atoms with Crippen LogP contribution >= 0.6 is 0 Å². The van der Waals surface area contributed by atoms with Gasteiger partial charge in [0.15, 0.2) is 0 Å². The number of nitrogens with zero attached hydrogens (tertiary/aromatic N) is 1. The second-order valence-electron chi connectivity index (χ2n) is 5.93. The Kier molecular flexibility index (Phi) is 4.81. The van der Waals surface area contributed by atoms with Crippen LogP contribution in [0.25, 0.3) is 0 Å². The summed E-state index contributed by atoms with van der Waals surface area (Å²) in [7, 11) is 0. The van der Waals surface area contributed by atoms with E-state index in [-0.39, 0.29) is 18.4 Å². The van der Waals surface area contributed by atoms with Gasteiger partial charge in [-0.3, -0.25) is 9.59 Å². The summed E-state index contributed by atoms with van der Waals surface area (Å²) in [6, 6.07) is 0. The molecule has 2 rings (SSSR count). The predicted octanol–water partition coefficient (Wildman–Crippen LogP) is 1.24. The molecule has 1 aliphatic heterocycles. The molecule has 2 aliphatic rings. The van der Waals surface area contributed by atoms with E-state index in [1.807, 2.05) is 6.92 Å². The zero-order valence-electron chi connectivity index (χ0n) is 12.2. The van der Waals surface area contributed by atoms with Gasteiger partial charge in [0.25, 0.3) is 0 Å². The van der Waals surface area contributed by atoms with Gasteiger partial charge in [0.1, 0.15) is 5.54 Å². The van der Waals surface area contributed by atoms with Crippen molar-refractivity contribution in [1.82, 2.24) is 10.2 Å². The fraction of sp³-hybridized carbons (Fsp3) is 0.733. The number of rotatable bonds is 5. The molecule has 2 amide bonds. The summed E-state index contributed by atoms with van der Waals surface area (Å²) in [6.45, 7) is 7.23. The summed E-state index contributed by atoms with van der Waals surface area (Å²) in [5, 5.41) is 2.94. The van der Waals surface area contributed by atoms with Crippen LogP contribution in [0.15, 0.2) is 12.2 Å². The lowest BCUT2D eigenvalue weighted by atomic mass is 9.79. The number of nitrogens with one attached hydrogen (secondary N) is 1. The van der Waals surface area contributed by atoms with Crippen molar-refractivity contribution in [3.8, 4) is 0 Å². The molecule has 5 nitrogen and oxygen atoms in total. The van der Waals surface area contributed by atoms with E-state index in [0.717, 1.165) is 37.7 Å². The Labute approximate surface area is 120 Å². The van der Waals surface area contributed by atoms with Gasteiger partial charge in [-0.05, 0) is 19.8 Å². The average molecular weight is 280 g/mol. The Balaban J connectivity index is 1.93. The zero-order valence-corrected chi connectivity index (χ0v) is 12.2. The number of ether oxygens (including phenoxy) is 1. The van der Waals surface area contributed by atoms with Crippen LogP contribution in [0.5, 0.6) is 0 Å². The predicted molar refractivity (Wildman–Crippen MR) is 76.2 cm³/mol. The summed E-state index contributed by atoms with van der Waals surface area (Å²) < 4.78 is 5.43. The molecule has 0 atom stereocenters. The molecular formula is C15H24N2O3. The Morgan fingerprint density at radius 3 is 2.70 bits per heavy atom. The van der Waals surface area contributed by atoms with E-state index in [1.54, 1.807) is 4.90 Å². The highest BCUT2D eigenvalue weighted by molar-refractivity contribution is 5.98. The van der Waals surface area contributed by atoms with Gasteiger partial charge >= 0.3 is 0 Å². The lowest BCUT2D eigenvalue weighted by Crippen LogP contribution is -2.67. The molecule has 0 unspecified atom stereocenters. The van der Waals surface area contributed by atoms with Crippen molar-refractivity contribution in [2.45, 2.75) is 44.6 Å². The molecule has 0 aromatic rings. The minimum atomic E-state index is -0.637. The van der Waals surface area contributed by atoms with Crippen molar-refractivity contribution >= 4 is 11.8 Å². The Morgan fingerprint density at radius 1 is 1.35 bits per heavy atom. The van der Waals surface area contributed by atoms with E-state index in [2.05, 4.69) is 11.9 Å². The summed E-state index contributed by atoms with van der Waals surface area (Å²) in [5.74, 6) is 0.0159. The molecule has 1 aliphatic carbocycles. The van der Waals surface area contributed by atoms with Crippen molar-refractivity contribution in [2.24, 2.45) is 0 Å². The normalized spacial score (nSPS) is 21.9. The quantitative estimate of drug-likeness (QED) is 0.609. The van der Waals surface area contributed by atoms with E-state index in [0.29, 0.717) is 19.8 Å². The first-order valence-electron chi connectivity index (χ1n) is 7.36. The minimum Gasteiger partial charge on any atom is -0.375 e. The van der Waals surface area contributed by atoms with Crippen molar-refractivity contribution in [1.29, 1.82) is 0 Å². The monoisotopic (exact) mass is 280 g/mol. The van der Waals surface area contributed by atoms with Crippen LogP contribution in [-0.2, 0) is 14.3 Å². The van der Waals surface area contributed by atoms with Gasteiger partial charge in [0.05, 0.1) is 19.8 Å². The fourth-order valence-corrected chi connectivity index (χ4v) is 3.00. The molecule has 112 valence electrons. The molecule has 20 heavy (non-hydrogen) atoms. The largest absolute Gasteiger partial charge is 0.375 e. The van der Waals surface area contributed by atoms with Crippen LogP contribution in [-0.4, -0.2) is 48.6 Å². The van der Waals surface area contributed by atoms with Gasteiger partial charge in [-0.15, -0.1) is 0 Å². The van der Waals surface area contributed by atoms with Gasteiger partial charge < -0.3 is 15.0 Å². The molecule has 2 fully saturated rings. The third-order valence-electron chi connectivity index (χ3n) is 3.97. The number of amides is 2. The summed E-state index contributed by atoms with van der Waals surface area (Å²) in [5.41, 5.74) is 0.318. The Bertz CT molecular complexity index is 400. The molecule has 1 spiro atoms. The SMILES string of the molecule is C=C(C)COCCN1CC(=O)NC2(CCCCC2)C1=O. The van der Waals surface area contributed by atoms with Gasteiger partial charge in [-0.25, -0.2) is 0 Å². The third kappa shape index (κ3) is 3.39. The summed E-state index contributed by atoms with van der Waals surface area (Å²) in [4.78, 5) is 26.1. The molecular weight excluding hydrogens is 256 g/mol. The minimum absolute atomic E-state index is 0.0496. The first-order valence-corrected chi connectivity index (χ1v) is 7.36. The molecule has 0 radical (unpaired) electrons. The fourth-order valence-electron chi connectivity index (χ4n) is 3.00. The third-order valence-corrected chi connectivity index (χ3v) is 3.97. The summed E-state index contributed by atoms with van der Waals surface area (Å²) in [6.07, 6.45) is 4.69. The van der Waals surface area contributed by atoms with Crippen molar-refractivity contribution in [3.05, 3.63) is 12.2 Å². The molecule has 0 aromatic carbocycles. The Morgan fingerprint density at radius 2 is 2.05 bits per heavy atom. The maximum absolute atomic E-state index is 12.6. The standard InChI is InChI=1S/C15H24N2O3/c1-12(2)11-20-9-8-17-10-13(18)16-15(14(17)19)6-4-3-5-7-15/h1,3-11H2,2H3,(H,16,18). The van der Waals surface area contributed by atoms with Gasteiger partial charge in [0, 0.05) is 6.54 Å². The number of carbonyl (C=O) groups excluding carboxylic acids is 2. The number of hydrogen-bond donors (Lipinski definition) is 1. The van der Waals surface area contributed by atoms with Crippen LogP contribution in [0.2, 0.25) is 0 Å². The average Bonchev–Trinajstić information content (AvgIpc) is 2.41. The molecule has 0 aromatic heterocycles. The highest BCUT2D eigenvalue weighted by Gasteiger charge is 2.46. The van der Waals surface area contributed by atoms with Crippen molar-refractivity contribution < 1.29 is 14.3 Å². The van der Waals surface area contributed by atoms with E-state index < -0.39 is 5.54 Å². The first kappa shape index (κ1) is 15.0. The van der Waals surface area contributed by atoms with Crippen LogP contribution in [0.1, 0.15) is 39.0 Å². The van der Waals surface area contributed by atoms with Crippen molar-refractivity contribution in [3.63, 3.8) is 0 Å². The maximum atomic E-state index is 12.6. The highest BCUT2D eigenvalue weighted by Crippen LogP contribution is 2.31. The lowest BCUT2D eigenvalue weighted by molar-refractivity contribution is -0.152. The molecule has 1 saturated heterocycles. The molecule has 0 bridgehead atoms. The molecule has 5 heteroatoms.